The van der Waals surface area contributed by atoms with E-state index in [1.54, 1.807) is 7.11 Å². The zero-order valence-corrected chi connectivity index (χ0v) is 11.5. The lowest BCUT2D eigenvalue weighted by Gasteiger charge is -2.23. The van der Waals surface area contributed by atoms with Gasteiger partial charge < -0.3 is 15.4 Å². The Labute approximate surface area is 108 Å². The Kier molecular flexibility index (Phi) is 5.85. The maximum absolute atomic E-state index is 12.1. The molecule has 1 aliphatic rings. The summed E-state index contributed by atoms with van der Waals surface area (Å²) in [5.41, 5.74) is 5.48. The van der Waals surface area contributed by atoms with Crippen LogP contribution in [0.5, 0.6) is 0 Å². The van der Waals surface area contributed by atoms with Crippen molar-refractivity contribution in [1.29, 1.82) is 0 Å². The maximum atomic E-state index is 12.1. The van der Waals surface area contributed by atoms with Crippen molar-refractivity contribution in [1.82, 2.24) is 4.90 Å². The third kappa shape index (κ3) is 5.46. The van der Waals surface area contributed by atoms with Crippen LogP contribution in [0.1, 0.15) is 32.6 Å². The summed E-state index contributed by atoms with van der Waals surface area (Å²) >= 11 is 4.86. The summed E-state index contributed by atoms with van der Waals surface area (Å²) in [7, 11) is 1.66. The maximum Gasteiger partial charge on any atom is 0.223 e. The molecule has 0 heterocycles. The Morgan fingerprint density at radius 2 is 2.24 bits per heavy atom. The Hall–Kier alpha value is -0.680. The Morgan fingerprint density at radius 3 is 2.71 bits per heavy atom. The number of methoxy groups -OCH3 is 1. The highest BCUT2D eigenvalue weighted by atomic mass is 32.1. The smallest absolute Gasteiger partial charge is 0.223 e. The first kappa shape index (κ1) is 14.4. The quantitative estimate of drug-likeness (QED) is 0.667. The van der Waals surface area contributed by atoms with Gasteiger partial charge >= 0.3 is 0 Å². The van der Waals surface area contributed by atoms with Gasteiger partial charge in [0, 0.05) is 39.1 Å². The van der Waals surface area contributed by atoms with E-state index in [0.717, 1.165) is 12.8 Å². The fraction of sp³-hybridized carbons (Fsp3) is 0.833. The van der Waals surface area contributed by atoms with Crippen molar-refractivity contribution < 1.29 is 9.53 Å². The van der Waals surface area contributed by atoms with Crippen molar-refractivity contribution in [2.75, 3.05) is 20.3 Å². The van der Waals surface area contributed by atoms with Gasteiger partial charge in [0.25, 0.3) is 0 Å². The van der Waals surface area contributed by atoms with Gasteiger partial charge in [-0.2, -0.15) is 0 Å². The fourth-order valence-electron chi connectivity index (χ4n) is 1.89. The highest BCUT2D eigenvalue weighted by Gasteiger charge is 2.32. The monoisotopic (exact) mass is 258 g/mol. The average Bonchev–Trinajstić information content (AvgIpc) is 3.01. The molecule has 0 aromatic rings. The largest absolute Gasteiger partial charge is 0.393 e. The molecule has 98 valence electrons. The van der Waals surface area contributed by atoms with Crippen molar-refractivity contribution in [3.05, 3.63) is 0 Å². The second kappa shape index (κ2) is 6.91. The van der Waals surface area contributed by atoms with Crippen LogP contribution in [0.25, 0.3) is 0 Å². The van der Waals surface area contributed by atoms with E-state index in [9.17, 15) is 4.79 Å². The Bertz CT molecular complexity index is 280. The number of amides is 1. The zero-order chi connectivity index (χ0) is 12.8. The third-order valence-electron chi connectivity index (χ3n) is 2.88. The molecule has 0 radical (unpaired) electrons. The van der Waals surface area contributed by atoms with Crippen molar-refractivity contribution in [2.45, 2.75) is 38.6 Å². The molecule has 0 bridgehead atoms. The van der Waals surface area contributed by atoms with E-state index >= 15 is 0 Å². The summed E-state index contributed by atoms with van der Waals surface area (Å²) < 4.78 is 5.05. The van der Waals surface area contributed by atoms with Crippen LogP contribution in [0.4, 0.5) is 0 Å². The van der Waals surface area contributed by atoms with Gasteiger partial charge in [-0.3, -0.25) is 4.79 Å². The predicted molar refractivity (Wildman–Crippen MR) is 71.8 cm³/mol. The molecule has 1 amide bonds. The minimum atomic E-state index is 0.202. The number of carbonyl (C=O) groups is 1. The molecule has 1 aliphatic carbocycles. The molecule has 1 saturated carbocycles. The van der Waals surface area contributed by atoms with Crippen molar-refractivity contribution >= 4 is 23.1 Å². The molecule has 0 spiro atoms. The molecule has 0 aliphatic heterocycles. The summed E-state index contributed by atoms with van der Waals surface area (Å²) in [5.74, 6) is 0.465. The SMILES string of the molecule is COCC(C)CC(=O)N(CCC(N)=S)C1CC1. The lowest BCUT2D eigenvalue weighted by atomic mass is 10.1. The molecule has 4 nitrogen and oxygen atoms in total. The molecule has 2 N–H and O–H groups in total. The van der Waals surface area contributed by atoms with Gasteiger partial charge in [-0.15, -0.1) is 0 Å². The summed E-state index contributed by atoms with van der Waals surface area (Å²) in [6.45, 7) is 3.32. The number of hydrogen-bond donors (Lipinski definition) is 1. The normalized spacial score (nSPS) is 16.6. The molecule has 17 heavy (non-hydrogen) atoms. The Balaban J connectivity index is 2.40. The number of carbonyl (C=O) groups excluding carboxylic acids is 1. The van der Waals surface area contributed by atoms with Crippen LogP contribution in [0.3, 0.4) is 0 Å². The van der Waals surface area contributed by atoms with E-state index in [1.807, 2.05) is 11.8 Å². The Morgan fingerprint density at radius 1 is 1.59 bits per heavy atom. The third-order valence-corrected chi connectivity index (χ3v) is 3.09. The second-order valence-corrected chi connectivity index (χ2v) is 5.32. The van der Waals surface area contributed by atoms with Crippen molar-refractivity contribution in [3.8, 4) is 0 Å². The molecule has 1 atom stereocenters. The first-order chi connectivity index (χ1) is 8.04. The molecule has 0 saturated heterocycles. The minimum absolute atomic E-state index is 0.202. The van der Waals surface area contributed by atoms with Gasteiger partial charge in [-0.05, 0) is 18.8 Å². The number of rotatable bonds is 8. The highest BCUT2D eigenvalue weighted by molar-refractivity contribution is 7.80. The number of nitrogens with two attached hydrogens (primary N) is 1. The van der Waals surface area contributed by atoms with E-state index in [4.69, 9.17) is 22.7 Å². The summed E-state index contributed by atoms with van der Waals surface area (Å²) in [6, 6.07) is 0.423. The summed E-state index contributed by atoms with van der Waals surface area (Å²) in [6.07, 6.45) is 3.39. The van der Waals surface area contributed by atoms with Gasteiger partial charge in [-0.1, -0.05) is 19.1 Å². The van der Waals surface area contributed by atoms with Crippen molar-refractivity contribution in [3.63, 3.8) is 0 Å². The first-order valence-corrected chi connectivity index (χ1v) is 6.52. The molecule has 0 aromatic heterocycles. The van der Waals surface area contributed by atoms with E-state index in [1.165, 1.54) is 0 Å². The number of nitrogens with zero attached hydrogens (tertiary/aromatic N) is 1. The second-order valence-electron chi connectivity index (χ2n) is 4.80. The molecular weight excluding hydrogens is 236 g/mol. The lowest BCUT2D eigenvalue weighted by Crippen LogP contribution is -2.36. The van der Waals surface area contributed by atoms with Gasteiger partial charge in [0.05, 0.1) is 4.99 Å². The van der Waals surface area contributed by atoms with E-state index in [2.05, 4.69) is 0 Å². The van der Waals surface area contributed by atoms with E-state index < -0.39 is 0 Å². The van der Waals surface area contributed by atoms with Gasteiger partial charge in [0.1, 0.15) is 0 Å². The van der Waals surface area contributed by atoms with Crippen molar-refractivity contribution in [2.24, 2.45) is 11.7 Å². The number of ether oxygens (including phenoxy) is 1. The van der Waals surface area contributed by atoms with Crippen LogP contribution < -0.4 is 5.73 Å². The zero-order valence-electron chi connectivity index (χ0n) is 10.6. The van der Waals surface area contributed by atoms with Crippen LogP contribution in [-0.2, 0) is 9.53 Å². The number of thiocarbonyl (C=S) groups is 1. The fourth-order valence-corrected chi connectivity index (χ4v) is 1.98. The van der Waals surface area contributed by atoms with E-state index in [0.29, 0.717) is 37.0 Å². The molecule has 1 unspecified atom stereocenters. The van der Waals surface area contributed by atoms with Gasteiger partial charge in [0.2, 0.25) is 5.91 Å². The molecule has 1 fully saturated rings. The van der Waals surface area contributed by atoms with Crippen LogP contribution in [0.15, 0.2) is 0 Å². The lowest BCUT2D eigenvalue weighted by molar-refractivity contribution is -0.133. The molecule has 1 rings (SSSR count). The minimum Gasteiger partial charge on any atom is -0.393 e. The van der Waals surface area contributed by atoms with E-state index in [-0.39, 0.29) is 11.8 Å². The van der Waals surface area contributed by atoms with Gasteiger partial charge in [0.15, 0.2) is 0 Å². The predicted octanol–water partition coefficient (Wildman–Crippen LogP) is 1.33. The number of hydrogen-bond acceptors (Lipinski definition) is 3. The van der Waals surface area contributed by atoms with Crippen LogP contribution >= 0.6 is 12.2 Å². The topological polar surface area (TPSA) is 55.6 Å². The summed E-state index contributed by atoms with van der Waals surface area (Å²) in [5, 5.41) is 0. The van der Waals surface area contributed by atoms with Crippen LogP contribution in [0.2, 0.25) is 0 Å². The first-order valence-electron chi connectivity index (χ1n) is 6.11. The standard InChI is InChI=1S/C12H22N2O2S/c1-9(8-16-2)7-12(15)14(10-3-4-10)6-5-11(13)17/h9-10H,3-8H2,1-2H3,(H2,13,17). The van der Waals surface area contributed by atoms with Crippen LogP contribution in [0, 0.1) is 5.92 Å². The summed E-state index contributed by atoms with van der Waals surface area (Å²) in [4.78, 5) is 14.5. The molecule has 5 heteroatoms. The van der Waals surface area contributed by atoms with Gasteiger partial charge in [-0.25, -0.2) is 0 Å². The average molecular weight is 258 g/mol. The molecular formula is C12H22N2O2S. The van der Waals surface area contributed by atoms with Crippen LogP contribution in [-0.4, -0.2) is 42.1 Å². The molecule has 0 aromatic carbocycles. The highest BCUT2D eigenvalue weighted by Crippen LogP contribution is 2.28.